The van der Waals surface area contributed by atoms with E-state index in [0.29, 0.717) is 18.1 Å². The standard InChI is InChI=1S/C8H13N3O3S/c1-6-10-11-8(14-6)9-7(13)5-15-4-2-3-12/h12H,2-5H2,1H3,(H,9,11,13). The second-order valence-electron chi connectivity index (χ2n) is 2.80. The molecule has 0 aliphatic carbocycles. The van der Waals surface area contributed by atoms with Crippen molar-refractivity contribution in [2.24, 2.45) is 0 Å². The molecular weight excluding hydrogens is 218 g/mol. The van der Waals surface area contributed by atoms with Crippen LogP contribution in [0.1, 0.15) is 12.3 Å². The molecule has 1 aromatic rings. The number of aliphatic hydroxyl groups excluding tert-OH is 1. The molecule has 0 aromatic carbocycles. The molecule has 0 bridgehead atoms. The third kappa shape index (κ3) is 4.80. The maximum absolute atomic E-state index is 11.3. The van der Waals surface area contributed by atoms with Crippen LogP contribution in [-0.4, -0.2) is 39.3 Å². The minimum absolute atomic E-state index is 0.125. The molecule has 0 aliphatic rings. The van der Waals surface area contributed by atoms with Gasteiger partial charge in [-0.05, 0) is 12.2 Å². The average molecular weight is 231 g/mol. The van der Waals surface area contributed by atoms with Crippen LogP contribution in [0.2, 0.25) is 0 Å². The number of nitrogens with one attached hydrogen (secondary N) is 1. The number of thioether (sulfide) groups is 1. The van der Waals surface area contributed by atoms with E-state index in [2.05, 4.69) is 15.5 Å². The molecule has 0 unspecified atom stereocenters. The van der Waals surface area contributed by atoms with Crippen molar-refractivity contribution in [3.8, 4) is 0 Å². The van der Waals surface area contributed by atoms with E-state index in [1.165, 1.54) is 11.8 Å². The molecule has 2 N–H and O–H groups in total. The minimum Gasteiger partial charge on any atom is -0.408 e. The molecule has 6 nitrogen and oxygen atoms in total. The highest BCUT2D eigenvalue weighted by molar-refractivity contribution is 7.99. The molecule has 0 saturated carbocycles. The van der Waals surface area contributed by atoms with Gasteiger partial charge in [0.2, 0.25) is 11.8 Å². The Morgan fingerprint density at radius 1 is 1.60 bits per heavy atom. The average Bonchev–Trinajstić information content (AvgIpc) is 2.59. The number of aliphatic hydroxyl groups is 1. The Morgan fingerprint density at radius 2 is 2.40 bits per heavy atom. The number of anilines is 1. The van der Waals surface area contributed by atoms with Crippen molar-refractivity contribution in [1.29, 1.82) is 0 Å². The second-order valence-corrected chi connectivity index (χ2v) is 3.91. The third-order valence-corrected chi connectivity index (χ3v) is 2.50. The predicted molar refractivity (Wildman–Crippen MR) is 56.7 cm³/mol. The van der Waals surface area contributed by atoms with Crippen LogP contribution in [0.3, 0.4) is 0 Å². The lowest BCUT2D eigenvalue weighted by atomic mass is 10.5. The van der Waals surface area contributed by atoms with Gasteiger partial charge in [0.1, 0.15) is 0 Å². The van der Waals surface area contributed by atoms with Crippen LogP contribution in [0.25, 0.3) is 0 Å². The van der Waals surface area contributed by atoms with Crippen molar-refractivity contribution in [1.82, 2.24) is 10.2 Å². The first kappa shape index (κ1) is 12.0. The molecule has 7 heteroatoms. The number of carbonyl (C=O) groups is 1. The summed E-state index contributed by atoms with van der Waals surface area (Å²) in [5.74, 6) is 1.31. The van der Waals surface area contributed by atoms with Crippen LogP contribution in [-0.2, 0) is 4.79 Å². The maximum Gasteiger partial charge on any atom is 0.322 e. The Balaban J connectivity index is 2.18. The fraction of sp³-hybridized carbons (Fsp3) is 0.625. The summed E-state index contributed by atoms with van der Waals surface area (Å²) in [6.45, 7) is 1.80. The first-order valence-electron chi connectivity index (χ1n) is 4.51. The number of carbonyl (C=O) groups excluding carboxylic acids is 1. The quantitative estimate of drug-likeness (QED) is 0.690. The largest absolute Gasteiger partial charge is 0.408 e. The number of amides is 1. The Morgan fingerprint density at radius 3 is 3.00 bits per heavy atom. The lowest BCUT2D eigenvalue weighted by Gasteiger charge is -1.99. The van der Waals surface area contributed by atoms with Gasteiger partial charge in [-0.1, -0.05) is 5.10 Å². The zero-order chi connectivity index (χ0) is 11.1. The highest BCUT2D eigenvalue weighted by Gasteiger charge is 2.07. The van der Waals surface area contributed by atoms with Gasteiger partial charge in [0, 0.05) is 13.5 Å². The van der Waals surface area contributed by atoms with E-state index in [0.717, 1.165) is 5.75 Å². The normalized spacial score (nSPS) is 10.3. The van der Waals surface area contributed by atoms with E-state index in [9.17, 15) is 4.79 Å². The molecule has 0 radical (unpaired) electrons. The molecule has 1 amide bonds. The number of aromatic nitrogens is 2. The minimum atomic E-state index is -0.179. The van der Waals surface area contributed by atoms with Gasteiger partial charge >= 0.3 is 6.01 Å². The van der Waals surface area contributed by atoms with Gasteiger partial charge in [-0.15, -0.1) is 5.10 Å². The van der Waals surface area contributed by atoms with E-state index >= 15 is 0 Å². The van der Waals surface area contributed by atoms with Crippen LogP contribution in [0.5, 0.6) is 0 Å². The van der Waals surface area contributed by atoms with Crippen LogP contribution in [0, 0.1) is 6.92 Å². The Labute approximate surface area is 91.5 Å². The summed E-state index contributed by atoms with van der Waals surface area (Å²) in [4.78, 5) is 11.3. The molecule has 0 fully saturated rings. The fourth-order valence-corrected chi connectivity index (χ4v) is 1.57. The highest BCUT2D eigenvalue weighted by atomic mass is 32.2. The van der Waals surface area contributed by atoms with Gasteiger partial charge < -0.3 is 9.52 Å². The van der Waals surface area contributed by atoms with E-state index < -0.39 is 0 Å². The van der Waals surface area contributed by atoms with E-state index in [4.69, 9.17) is 9.52 Å². The predicted octanol–water partition coefficient (Wildman–Crippen LogP) is 0.432. The molecule has 1 heterocycles. The smallest absolute Gasteiger partial charge is 0.322 e. The Bertz CT molecular complexity index is 316. The van der Waals surface area contributed by atoms with Crippen LogP contribution in [0.15, 0.2) is 4.42 Å². The first-order valence-corrected chi connectivity index (χ1v) is 5.66. The van der Waals surface area contributed by atoms with Crippen molar-refractivity contribution in [2.75, 3.05) is 23.4 Å². The van der Waals surface area contributed by atoms with Crippen LogP contribution < -0.4 is 5.32 Å². The number of hydrogen-bond donors (Lipinski definition) is 2. The SMILES string of the molecule is Cc1nnc(NC(=O)CSCCCO)o1. The summed E-state index contributed by atoms with van der Waals surface area (Å²) in [5.41, 5.74) is 0. The summed E-state index contributed by atoms with van der Waals surface area (Å²) in [6.07, 6.45) is 0.692. The van der Waals surface area contributed by atoms with E-state index in [1.807, 2.05) is 0 Å². The summed E-state index contributed by atoms with van der Waals surface area (Å²) >= 11 is 1.45. The number of aryl methyl sites for hydroxylation is 1. The van der Waals surface area contributed by atoms with Gasteiger partial charge in [0.05, 0.1) is 5.75 Å². The highest BCUT2D eigenvalue weighted by Crippen LogP contribution is 2.06. The molecular formula is C8H13N3O3S. The van der Waals surface area contributed by atoms with Crippen molar-refractivity contribution in [2.45, 2.75) is 13.3 Å². The molecule has 0 saturated heterocycles. The number of rotatable bonds is 6. The lowest BCUT2D eigenvalue weighted by molar-refractivity contribution is -0.113. The molecule has 0 aliphatic heterocycles. The lowest BCUT2D eigenvalue weighted by Crippen LogP contribution is -2.14. The number of hydrogen-bond acceptors (Lipinski definition) is 6. The maximum atomic E-state index is 11.3. The molecule has 0 atom stereocenters. The first-order chi connectivity index (χ1) is 7.22. The fourth-order valence-electron chi connectivity index (χ4n) is 0.834. The van der Waals surface area contributed by atoms with Gasteiger partial charge in [-0.2, -0.15) is 11.8 Å². The van der Waals surface area contributed by atoms with Crippen LogP contribution in [0.4, 0.5) is 6.01 Å². The molecule has 1 rings (SSSR count). The molecule has 0 spiro atoms. The van der Waals surface area contributed by atoms with Crippen molar-refractivity contribution < 1.29 is 14.3 Å². The Kier molecular flexibility index (Phi) is 5.13. The van der Waals surface area contributed by atoms with Gasteiger partial charge in [0.15, 0.2) is 0 Å². The van der Waals surface area contributed by atoms with Crippen LogP contribution >= 0.6 is 11.8 Å². The summed E-state index contributed by atoms with van der Waals surface area (Å²) < 4.78 is 4.98. The summed E-state index contributed by atoms with van der Waals surface area (Å²) in [6, 6.07) is 0.125. The monoisotopic (exact) mass is 231 g/mol. The van der Waals surface area contributed by atoms with E-state index in [1.54, 1.807) is 6.92 Å². The van der Waals surface area contributed by atoms with Gasteiger partial charge in [0.25, 0.3) is 0 Å². The topological polar surface area (TPSA) is 88.2 Å². The molecule has 84 valence electrons. The van der Waals surface area contributed by atoms with Gasteiger partial charge in [-0.3, -0.25) is 10.1 Å². The second kappa shape index (κ2) is 6.41. The van der Waals surface area contributed by atoms with E-state index in [-0.39, 0.29) is 18.5 Å². The van der Waals surface area contributed by atoms with Crippen molar-refractivity contribution in [3.63, 3.8) is 0 Å². The van der Waals surface area contributed by atoms with Crippen molar-refractivity contribution in [3.05, 3.63) is 5.89 Å². The molecule has 15 heavy (non-hydrogen) atoms. The zero-order valence-electron chi connectivity index (χ0n) is 8.39. The molecule has 1 aromatic heterocycles. The third-order valence-electron chi connectivity index (χ3n) is 1.45. The summed E-state index contributed by atoms with van der Waals surface area (Å²) in [7, 11) is 0. The van der Waals surface area contributed by atoms with Gasteiger partial charge in [-0.25, -0.2) is 0 Å². The summed E-state index contributed by atoms with van der Waals surface area (Å²) in [5, 5.41) is 18.2. The van der Waals surface area contributed by atoms with Crippen molar-refractivity contribution >= 4 is 23.7 Å². The number of nitrogens with zero attached hydrogens (tertiary/aromatic N) is 2. The Hall–Kier alpha value is -1.08. The zero-order valence-corrected chi connectivity index (χ0v) is 9.21.